The van der Waals surface area contributed by atoms with E-state index in [4.69, 9.17) is 10.5 Å². The van der Waals surface area contributed by atoms with Gasteiger partial charge < -0.3 is 10.5 Å². The van der Waals surface area contributed by atoms with Gasteiger partial charge >= 0.3 is 0 Å². The molecule has 0 aromatic carbocycles. The van der Waals surface area contributed by atoms with Gasteiger partial charge in [-0.1, -0.05) is 26.7 Å². The molecular weight excluding hydrogens is 162 g/mol. The Morgan fingerprint density at radius 2 is 1.62 bits per heavy atom. The lowest BCUT2D eigenvalue weighted by atomic mass is 9.91. The first-order chi connectivity index (χ1) is 6.26. The van der Waals surface area contributed by atoms with Gasteiger partial charge in [-0.2, -0.15) is 0 Å². The van der Waals surface area contributed by atoms with E-state index in [0.29, 0.717) is 5.92 Å². The third-order valence-electron chi connectivity index (χ3n) is 2.44. The zero-order valence-corrected chi connectivity index (χ0v) is 9.38. The number of rotatable bonds is 8. The summed E-state index contributed by atoms with van der Waals surface area (Å²) in [4.78, 5) is 0. The lowest BCUT2D eigenvalue weighted by molar-refractivity contribution is 0.112. The molecular formula is C11H25NO. The Balaban J connectivity index is 3.72. The van der Waals surface area contributed by atoms with Crippen molar-refractivity contribution in [3.05, 3.63) is 0 Å². The largest absolute Gasteiger partial charge is 0.380 e. The second-order valence-electron chi connectivity index (χ2n) is 3.66. The fourth-order valence-corrected chi connectivity index (χ4v) is 1.70. The van der Waals surface area contributed by atoms with E-state index < -0.39 is 0 Å². The van der Waals surface area contributed by atoms with Gasteiger partial charge in [0.15, 0.2) is 0 Å². The van der Waals surface area contributed by atoms with Gasteiger partial charge in [0.2, 0.25) is 0 Å². The summed E-state index contributed by atoms with van der Waals surface area (Å²) in [6.07, 6.45) is 4.93. The maximum Gasteiger partial charge on any atom is 0.0620 e. The van der Waals surface area contributed by atoms with Crippen molar-refractivity contribution in [1.29, 1.82) is 0 Å². The van der Waals surface area contributed by atoms with Crippen LogP contribution >= 0.6 is 0 Å². The molecule has 2 N–H and O–H groups in total. The quantitative estimate of drug-likeness (QED) is 0.634. The average Bonchev–Trinajstić information content (AvgIpc) is 2.14. The zero-order chi connectivity index (χ0) is 10.1. The maximum absolute atomic E-state index is 6.05. The van der Waals surface area contributed by atoms with Crippen LogP contribution < -0.4 is 5.73 Å². The minimum absolute atomic E-state index is 0.236. The van der Waals surface area contributed by atoms with Crippen LogP contribution in [-0.4, -0.2) is 19.3 Å². The molecule has 0 radical (unpaired) electrons. The van der Waals surface area contributed by atoms with Crippen molar-refractivity contribution in [1.82, 2.24) is 0 Å². The molecule has 0 amide bonds. The summed E-state index contributed by atoms with van der Waals surface area (Å²) in [5.74, 6) is 0.654. The zero-order valence-electron chi connectivity index (χ0n) is 9.38. The SMILES string of the molecule is CCCC(CCC)C(N)COCC. The van der Waals surface area contributed by atoms with Gasteiger partial charge in [-0.25, -0.2) is 0 Å². The van der Waals surface area contributed by atoms with Gasteiger partial charge in [0.25, 0.3) is 0 Å². The van der Waals surface area contributed by atoms with Crippen molar-refractivity contribution in [3.8, 4) is 0 Å². The Hall–Kier alpha value is -0.0800. The topological polar surface area (TPSA) is 35.2 Å². The molecule has 0 aliphatic carbocycles. The lowest BCUT2D eigenvalue weighted by Gasteiger charge is -2.22. The molecule has 1 unspecified atom stereocenters. The van der Waals surface area contributed by atoms with E-state index >= 15 is 0 Å². The molecule has 0 fully saturated rings. The Morgan fingerprint density at radius 3 is 2.00 bits per heavy atom. The normalized spacial score (nSPS) is 13.6. The highest BCUT2D eigenvalue weighted by Crippen LogP contribution is 2.16. The molecule has 2 nitrogen and oxygen atoms in total. The first-order valence-electron chi connectivity index (χ1n) is 5.59. The molecule has 2 heteroatoms. The predicted molar refractivity (Wildman–Crippen MR) is 57.8 cm³/mol. The fourth-order valence-electron chi connectivity index (χ4n) is 1.70. The molecule has 0 bridgehead atoms. The highest BCUT2D eigenvalue weighted by atomic mass is 16.5. The maximum atomic E-state index is 6.05. The van der Waals surface area contributed by atoms with Crippen molar-refractivity contribution in [2.75, 3.05) is 13.2 Å². The third-order valence-corrected chi connectivity index (χ3v) is 2.44. The molecule has 0 aromatic heterocycles. The fraction of sp³-hybridized carbons (Fsp3) is 1.00. The molecule has 0 rings (SSSR count). The Bertz CT molecular complexity index is 100. The van der Waals surface area contributed by atoms with Crippen LogP contribution in [0.4, 0.5) is 0 Å². The Kier molecular flexibility index (Phi) is 8.46. The van der Waals surface area contributed by atoms with Crippen LogP contribution in [0.5, 0.6) is 0 Å². The number of ether oxygens (including phenoxy) is 1. The van der Waals surface area contributed by atoms with Crippen LogP contribution in [0.3, 0.4) is 0 Å². The Morgan fingerprint density at radius 1 is 1.08 bits per heavy atom. The highest BCUT2D eigenvalue weighted by Gasteiger charge is 2.15. The molecule has 0 aliphatic rings. The molecule has 0 saturated heterocycles. The van der Waals surface area contributed by atoms with E-state index in [-0.39, 0.29) is 6.04 Å². The van der Waals surface area contributed by atoms with E-state index in [1.54, 1.807) is 0 Å². The van der Waals surface area contributed by atoms with Crippen LogP contribution in [0, 0.1) is 5.92 Å². The number of hydrogen-bond donors (Lipinski definition) is 1. The summed E-state index contributed by atoms with van der Waals surface area (Å²) in [6.45, 7) is 7.95. The van der Waals surface area contributed by atoms with Gasteiger partial charge in [0.05, 0.1) is 6.61 Å². The average molecular weight is 187 g/mol. The van der Waals surface area contributed by atoms with Gasteiger partial charge in [0, 0.05) is 12.6 Å². The molecule has 0 aromatic rings. The first-order valence-corrected chi connectivity index (χ1v) is 5.59. The van der Waals surface area contributed by atoms with Crippen LogP contribution in [-0.2, 0) is 4.74 Å². The molecule has 0 aliphatic heterocycles. The summed E-state index contributed by atoms with van der Waals surface area (Å²) in [7, 11) is 0. The van der Waals surface area contributed by atoms with Gasteiger partial charge in [0.1, 0.15) is 0 Å². The van der Waals surface area contributed by atoms with Gasteiger partial charge in [-0.05, 0) is 25.7 Å². The molecule has 0 saturated carbocycles. The minimum Gasteiger partial charge on any atom is -0.380 e. The van der Waals surface area contributed by atoms with Crippen LogP contribution in [0.25, 0.3) is 0 Å². The summed E-state index contributed by atoms with van der Waals surface area (Å²) in [5, 5.41) is 0. The first kappa shape index (κ1) is 12.9. The van der Waals surface area contributed by atoms with Gasteiger partial charge in [-0.3, -0.25) is 0 Å². The summed E-state index contributed by atoms with van der Waals surface area (Å²) < 4.78 is 5.34. The minimum atomic E-state index is 0.236. The van der Waals surface area contributed by atoms with E-state index in [2.05, 4.69) is 13.8 Å². The summed E-state index contributed by atoms with van der Waals surface area (Å²) in [6, 6.07) is 0.236. The molecule has 0 heterocycles. The summed E-state index contributed by atoms with van der Waals surface area (Å²) >= 11 is 0. The third kappa shape index (κ3) is 6.05. The standard InChI is InChI=1S/C11H25NO/c1-4-7-10(8-5-2)11(12)9-13-6-3/h10-11H,4-9,12H2,1-3H3. The van der Waals surface area contributed by atoms with E-state index in [1.807, 2.05) is 6.92 Å². The molecule has 13 heavy (non-hydrogen) atoms. The van der Waals surface area contributed by atoms with Crippen LogP contribution in [0.1, 0.15) is 46.5 Å². The molecule has 0 spiro atoms. The van der Waals surface area contributed by atoms with E-state index in [0.717, 1.165) is 13.2 Å². The lowest BCUT2D eigenvalue weighted by Crippen LogP contribution is -2.34. The molecule has 1 atom stereocenters. The second kappa shape index (κ2) is 8.52. The highest BCUT2D eigenvalue weighted by molar-refractivity contribution is 4.71. The van der Waals surface area contributed by atoms with Crippen LogP contribution in [0.2, 0.25) is 0 Å². The van der Waals surface area contributed by atoms with Crippen molar-refractivity contribution in [2.24, 2.45) is 11.7 Å². The van der Waals surface area contributed by atoms with Crippen molar-refractivity contribution < 1.29 is 4.74 Å². The number of hydrogen-bond acceptors (Lipinski definition) is 2. The van der Waals surface area contributed by atoms with Crippen molar-refractivity contribution in [2.45, 2.75) is 52.5 Å². The van der Waals surface area contributed by atoms with E-state index in [1.165, 1.54) is 25.7 Å². The van der Waals surface area contributed by atoms with Crippen LogP contribution in [0.15, 0.2) is 0 Å². The van der Waals surface area contributed by atoms with Crippen molar-refractivity contribution in [3.63, 3.8) is 0 Å². The van der Waals surface area contributed by atoms with Gasteiger partial charge in [-0.15, -0.1) is 0 Å². The predicted octanol–water partition coefficient (Wildman–Crippen LogP) is 2.57. The summed E-state index contributed by atoms with van der Waals surface area (Å²) in [5.41, 5.74) is 6.05. The number of nitrogens with two attached hydrogens (primary N) is 1. The smallest absolute Gasteiger partial charge is 0.0620 e. The monoisotopic (exact) mass is 187 g/mol. The Labute approximate surface area is 82.8 Å². The van der Waals surface area contributed by atoms with Crippen molar-refractivity contribution >= 4 is 0 Å². The second-order valence-corrected chi connectivity index (χ2v) is 3.66. The van der Waals surface area contributed by atoms with E-state index in [9.17, 15) is 0 Å². The molecule has 80 valence electrons.